The molecule has 0 fully saturated rings. The summed E-state index contributed by atoms with van der Waals surface area (Å²) in [6.07, 6.45) is 0. The molecular weight excluding hydrogens is 204 g/mol. The summed E-state index contributed by atoms with van der Waals surface area (Å²) in [5.74, 6) is 5.40. The van der Waals surface area contributed by atoms with Gasteiger partial charge in [-0.25, -0.2) is 8.42 Å². The van der Waals surface area contributed by atoms with Crippen LogP contribution in [-0.2, 0) is 10.0 Å². The Hall–Kier alpha value is -1.11. The van der Waals surface area contributed by atoms with Crippen LogP contribution in [0, 0.1) is 6.92 Å². The highest BCUT2D eigenvalue weighted by atomic mass is 32.2. The molecule has 1 aromatic rings. The van der Waals surface area contributed by atoms with Crippen LogP contribution in [0.2, 0.25) is 0 Å². The molecule has 0 unspecified atom stereocenters. The maximum atomic E-state index is 11.4. The molecule has 0 atom stereocenters. The molecule has 0 saturated carbocycles. The molecule has 0 radical (unpaired) electrons. The van der Waals surface area contributed by atoms with E-state index in [1.165, 1.54) is 13.2 Å². The largest absolute Gasteiger partial charge is 0.497 e. The molecule has 5 nitrogen and oxygen atoms in total. The lowest BCUT2D eigenvalue weighted by molar-refractivity contribution is 0.413. The lowest BCUT2D eigenvalue weighted by atomic mass is 10.2. The predicted octanol–water partition coefficient (Wildman–Crippen LogP) is 0.156. The van der Waals surface area contributed by atoms with Crippen molar-refractivity contribution in [2.24, 2.45) is 5.84 Å². The van der Waals surface area contributed by atoms with E-state index >= 15 is 0 Å². The number of rotatable bonds is 3. The van der Waals surface area contributed by atoms with Gasteiger partial charge in [-0.2, -0.15) is 4.83 Å². The number of sulfonamides is 1. The van der Waals surface area contributed by atoms with Crippen molar-refractivity contribution < 1.29 is 13.2 Å². The van der Waals surface area contributed by atoms with Gasteiger partial charge < -0.3 is 4.74 Å². The Balaban J connectivity index is 3.33. The molecule has 0 aliphatic rings. The van der Waals surface area contributed by atoms with Crippen LogP contribution in [0.5, 0.6) is 5.75 Å². The third-order valence-electron chi connectivity index (χ3n) is 1.84. The first-order valence-corrected chi connectivity index (χ1v) is 5.36. The van der Waals surface area contributed by atoms with E-state index in [9.17, 15) is 8.42 Å². The molecule has 3 N–H and O–H groups in total. The molecule has 0 saturated heterocycles. The van der Waals surface area contributed by atoms with Crippen molar-refractivity contribution in [1.82, 2.24) is 4.83 Å². The number of ether oxygens (including phenoxy) is 1. The molecule has 1 rings (SSSR count). The molecule has 14 heavy (non-hydrogen) atoms. The van der Waals surface area contributed by atoms with Crippen molar-refractivity contribution in [3.8, 4) is 5.75 Å². The Bertz CT molecular complexity index is 428. The van der Waals surface area contributed by atoms with Crippen LogP contribution < -0.4 is 15.4 Å². The molecule has 0 aliphatic carbocycles. The first-order chi connectivity index (χ1) is 6.51. The Kier molecular flexibility index (Phi) is 3.10. The van der Waals surface area contributed by atoms with Crippen LogP contribution in [0.1, 0.15) is 5.56 Å². The van der Waals surface area contributed by atoms with Crippen LogP contribution in [0.15, 0.2) is 23.1 Å². The molecule has 6 heteroatoms. The summed E-state index contributed by atoms with van der Waals surface area (Å²) in [5.41, 5.74) is 0.615. The summed E-state index contributed by atoms with van der Waals surface area (Å²) in [5, 5.41) is 0. The van der Waals surface area contributed by atoms with Gasteiger partial charge in [0.1, 0.15) is 5.75 Å². The van der Waals surface area contributed by atoms with Crippen molar-refractivity contribution in [2.45, 2.75) is 11.8 Å². The van der Waals surface area contributed by atoms with Crippen LogP contribution >= 0.6 is 0 Å². The highest BCUT2D eigenvalue weighted by Gasteiger charge is 2.15. The summed E-state index contributed by atoms with van der Waals surface area (Å²) in [6, 6.07) is 4.76. The number of methoxy groups -OCH3 is 1. The number of hydrogen-bond acceptors (Lipinski definition) is 4. The quantitative estimate of drug-likeness (QED) is 0.557. The molecule has 0 amide bonds. The summed E-state index contributed by atoms with van der Waals surface area (Å²) in [4.78, 5) is 1.89. The Morgan fingerprint density at radius 1 is 1.43 bits per heavy atom. The SMILES string of the molecule is COc1ccc(C)c(S(=O)(=O)NN)c1. The van der Waals surface area contributed by atoms with Gasteiger partial charge in [0.15, 0.2) is 0 Å². The van der Waals surface area contributed by atoms with Gasteiger partial charge in [-0.05, 0) is 18.6 Å². The summed E-state index contributed by atoms with van der Waals surface area (Å²) >= 11 is 0. The van der Waals surface area contributed by atoms with E-state index in [1.807, 2.05) is 0 Å². The lowest BCUT2D eigenvalue weighted by Gasteiger charge is -2.07. The Morgan fingerprint density at radius 2 is 2.07 bits per heavy atom. The van der Waals surface area contributed by atoms with Gasteiger partial charge in [-0.15, -0.1) is 0 Å². The molecule has 0 heterocycles. The van der Waals surface area contributed by atoms with E-state index in [-0.39, 0.29) is 4.90 Å². The van der Waals surface area contributed by atoms with Crippen molar-refractivity contribution in [1.29, 1.82) is 0 Å². The average Bonchev–Trinajstić information content (AvgIpc) is 2.18. The van der Waals surface area contributed by atoms with E-state index in [0.29, 0.717) is 11.3 Å². The van der Waals surface area contributed by atoms with E-state index in [4.69, 9.17) is 10.6 Å². The number of nitrogens with one attached hydrogen (secondary N) is 1. The third-order valence-corrected chi connectivity index (χ3v) is 3.17. The average molecular weight is 216 g/mol. The molecule has 0 bridgehead atoms. The molecule has 1 aromatic carbocycles. The highest BCUT2D eigenvalue weighted by molar-refractivity contribution is 7.89. The van der Waals surface area contributed by atoms with Gasteiger partial charge in [0.25, 0.3) is 10.0 Å². The van der Waals surface area contributed by atoms with Crippen molar-refractivity contribution in [2.75, 3.05) is 7.11 Å². The monoisotopic (exact) mass is 216 g/mol. The van der Waals surface area contributed by atoms with Gasteiger partial charge in [-0.1, -0.05) is 6.07 Å². The minimum Gasteiger partial charge on any atom is -0.497 e. The number of benzene rings is 1. The third kappa shape index (κ3) is 2.03. The van der Waals surface area contributed by atoms with Gasteiger partial charge in [-0.3, -0.25) is 5.84 Å². The predicted molar refractivity (Wildman–Crippen MR) is 52.2 cm³/mol. The lowest BCUT2D eigenvalue weighted by Crippen LogP contribution is -2.30. The first kappa shape index (κ1) is 11.0. The van der Waals surface area contributed by atoms with Gasteiger partial charge in [0, 0.05) is 6.07 Å². The van der Waals surface area contributed by atoms with Crippen molar-refractivity contribution in [3.63, 3.8) is 0 Å². The van der Waals surface area contributed by atoms with Crippen LogP contribution in [0.25, 0.3) is 0 Å². The molecule has 0 aromatic heterocycles. The standard InChI is InChI=1S/C8H12N2O3S/c1-6-3-4-7(13-2)5-8(6)14(11,12)10-9/h3-5,10H,9H2,1-2H3. The van der Waals surface area contributed by atoms with Crippen LogP contribution in [0.3, 0.4) is 0 Å². The fourth-order valence-electron chi connectivity index (χ4n) is 1.06. The maximum absolute atomic E-state index is 11.4. The molecule has 0 spiro atoms. The minimum atomic E-state index is -3.61. The second-order valence-corrected chi connectivity index (χ2v) is 4.44. The minimum absolute atomic E-state index is 0.124. The second-order valence-electron chi connectivity index (χ2n) is 2.75. The number of hydrogen-bond donors (Lipinski definition) is 2. The molecular formula is C8H12N2O3S. The van der Waals surface area contributed by atoms with E-state index in [0.717, 1.165) is 0 Å². The maximum Gasteiger partial charge on any atom is 0.253 e. The van der Waals surface area contributed by atoms with Gasteiger partial charge >= 0.3 is 0 Å². The number of hydrazine groups is 1. The first-order valence-electron chi connectivity index (χ1n) is 3.88. The summed E-state index contributed by atoms with van der Waals surface area (Å²) < 4.78 is 27.7. The zero-order valence-corrected chi connectivity index (χ0v) is 8.76. The highest BCUT2D eigenvalue weighted by Crippen LogP contribution is 2.20. The zero-order valence-electron chi connectivity index (χ0n) is 7.94. The Morgan fingerprint density at radius 3 is 2.57 bits per heavy atom. The molecule has 78 valence electrons. The number of nitrogens with two attached hydrogens (primary N) is 1. The van der Waals surface area contributed by atoms with Crippen molar-refractivity contribution >= 4 is 10.0 Å². The zero-order chi connectivity index (χ0) is 10.8. The van der Waals surface area contributed by atoms with Crippen LogP contribution in [0.4, 0.5) is 0 Å². The second kappa shape index (κ2) is 3.95. The summed E-state index contributed by atoms with van der Waals surface area (Å²) in [7, 11) is -2.14. The van der Waals surface area contributed by atoms with E-state index in [2.05, 4.69) is 0 Å². The van der Waals surface area contributed by atoms with Crippen LogP contribution in [-0.4, -0.2) is 15.5 Å². The number of aryl methyl sites for hydroxylation is 1. The molecule has 0 aliphatic heterocycles. The smallest absolute Gasteiger partial charge is 0.253 e. The fourth-order valence-corrected chi connectivity index (χ4v) is 1.95. The van der Waals surface area contributed by atoms with Crippen molar-refractivity contribution in [3.05, 3.63) is 23.8 Å². The fraction of sp³-hybridized carbons (Fsp3) is 0.250. The van der Waals surface area contributed by atoms with Gasteiger partial charge in [0.05, 0.1) is 12.0 Å². The normalized spacial score (nSPS) is 11.4. The van der Waals surface area contributed by atoms with Gasteiger partial charge in [0.2, 0.25) is 0 Å². The Labute approximate surface area is 82.9 Å². The van der Waals surface area contributed by atoms with E-state index in [1.54, 1.807) is 23.9 Å². The topological polar surface area (TPSA) is 81.4 Å². The van der Waals surface area contributed by atoms with E-state index < -0.39 is 10.0 Å². The summed E-state index contributed by atoms with van der Waals surface area (Å²) in [6.45, 7) is 1.68.